The minimum absolute atomic E-state index is 0.417. The molecular formula is C21H28N2O2S. The van der Waals surface area contributed by atoms with Crippen LogP contribution >= 0.6 is 0 Å². The molecule has 1 atom stereocenters. The van der Waals surface area contributed by atoms with E-state index < -0.39 is 10.0 Å². The van der Waals surface area contributed by atoms with Crippen LogP contribution in [-0.4, -0.2) is 34.3 Å². The third-order valence-corrected chi connectivity index (χ3v) is 5.82. The lowest BCUT2D eigenvalue weighted by molar-refractivity contribution is 0.460. The third-order valence-electron chi connectivity index (χ3n) is 5.09. The summed E-state index contributed by atoms with van der Waals surface area (Å²) < 4.78 is 25.2. The molecule has 2 aromatic carbocycles. The summed E-state index contributed by atoms with van der Waals surface area (Å²) in [5.41, 5.74) is 6.32. The molecule has 1 aliphatic rings. The molecular weight excluding hydrogens is 344 g/mol. The fraction of sp³-hybridized carbons (Fsp3) is 0.429. The summed E-state index contributed by atoms with van der Waals surface area (Å²) in [7, 11) is -3.15. The van der Waals surface area contributed by atoms with Crippen molar-refractivity contribution in [3.63, 3.8) is 0 Å². The SMILES string of the molecule is Cc1cc(-c2ccccc2CCNS(C)(=O)=O)ccc1[C@@H]1CCCNC1. The van der Waals surface area contributed by atoms with Gasteiger partial charge in [0.1, 0.15) is 0 Å². The van der Waals surface area contributed by atoms with Crippen LogP contribution in [0.25, 0.3) is 11.1 Å². The van der Waals surface area contributed by atoms with Gasteiger partial charge in [-0.1, -0.05) is 42.5 Å². The number of nitrogens with one attached hydrogen (secondary N) is 2. The molecule has 0 unspecified atom stereocenters. The molecule has 0 aliphatic carbocycles. The molecule has 26 heavy (non-hydrogen) atoms. The van der Waals surface area contributed by atoms with Crippen molar-refractivity contribution in [3.8, 4) is 11.1 Å². The zero-order valence-corrected chi connectivity index (χ0v) is 16.4. The standard InChI is InChI=1S/C21H28N2O2S/c1-16-14-18(9-10-20(16)19-7-5-12-22-15-19)21-8-4-3-6-17(21)11-13-23-26(2,24)25/h3-4,6,8-10,14,19,22-23H,5,7,11-13,15H2,1-2H3/t19-/m1/s1. The Morgan fingerprint density at radius 1 is 1.19 bits per heavy atom. The lowest BCUT2D eigenvalue weighted by Gasteiger charge is -2.25. The molecule has 0 amide bonds. The predicted molar refractivity (Wildman–Crippen MR) is 108 cm³/mol. The Hall–Kier alpha value is -1.69. The first kappa shape index (κ1) is 19.1. The Labute approximate surface area is 157 Å². The quantitative estimate of drug-likeness (QED) is 0.819. The van der Waals surface area contributed by atoms with Gasteiger partial charge in [-0.3, -0.25) is 0 Å². The topological polar surface area (TPSA) is 58.2 Å². The van der Waals surface area contributed by atoms with Crippen molar-refractivity contribution in [2.45, 2.75) is 32.1 Å². The highest BCUT2D eigenvalue weighted by atomic mass is 32.2. The van der Waals surface area contributed by atoms with Gasteiger partial charge in [0, 0.05) is 13.1 Å². The summed E-state index contributed by atoms with van der Waals surface area (Å²) in [6.45, 7) is 4.80. The highest BCUT2D eigenvalue weighted by Gasteiger charge is 2.17. The van der Waals surface area contributed by atoms with Gasteiger partial charge in [-0.15, -0.1) is 0 Å². The monoisotopic (exact) mass is 372 g/mol. The second kappa shape index (κ2) is 8.33. The molecule has 2 N–H and O–H groups in total. The molecule has 1 fully saturated rings. The van der Waals surface area contributed by atoms with E-state index in [1.54, 1.807) is 0 Å². The summed E-state index contributed by atoms with van der Waals surface area (Å²) in [5, 5.41) is 3.50. The first-order valence-corrected chi connectivity index (χ1v) is 11.2. The number of aryl methyl sites for hydroxylation is 1. The van der Waals surface area contributed by atoms with E-state index in [0.717, 1.165) is 18.7 Å². The second-order valence-electron chi connectivity index (χ2n) is 7.19. The average molecular weight is 373 g/mol. The zero-order valence-electron chi connectivity index (χ0n) is 15.6. The second-order valence-corrected chi connectivity index (χ2v) is 9.02. The first-order chi connectivity index (χ1) is 12.4. The summed E-state index contributed by atoms with van der Waals surface area (Å²) in [6, 6.07) is 15.0. The summed E-state index contributed by atoms with van der Waals surface area (Å²) in [4.78, 5) is 0. The van der Waals surface area contributed by atoms with Crippen molar-refractivity contribution >= 4 is 10.0 Å². The van der Waals surface area contributed by atoms with Crippen molar-refractivity contribution in [1.82, 2.24) is 10.0 Å². The summed E-state index contributed by atoms with van der Waals surface area (Å²) in [6.07, 6.45) is 4.36. The van der Waals surface area contributed by atoms with Gasteiger partial charge >= 0.3 is 0 Å². The Bertz CT molecular complexity index is 856. The van der Waals surface area contributed by atoms with E-state index in [2.05, 4.69) is 47.3 Å². The van der Waals surface area contributed by atoms with E-state index in [1.807, 2.05) is 12.1 Å². The molecule has 0 radical (unpaired) electrons. The van der Waals surface area contributed by atoms with E-state index in [-0.39, 0.29) is 0 Å². The van der Waals surface area contributed by atoms with Crippen LogP contribution in [0.5, 0.6) is 0 Å². The fourth-order valence-corrected chi connectivity index (χ4v) is 4.28. The summed E-state index contributed by atoms with van der Waals surface area (Å²) >= 11 is 0. The van der Waals surface area contributed by atoms with Gasteiger partial charge in [0.05, 0.1) is 6.26 Å². The average Bonchev–Trinajstić information content (AvgIpc) is 2.62. The normalized spacial score (nSPS) is 18.0. The van der Waals surface area contributed by atoms with Crippen molar-refractivity contribution in [2.75, 3.05) is 25.9 Å². The molecule has 4 nitrogen and oxygen atoms in total. The molecule has 140 valence electrons. The van der Waals surface area contributed by atoms with E-state index in [0.29, 0.717) is 18.9 Å². The van der Waals surface area contributed by atoms with Crippen LogP contribution in [0.15, 0.2) is 42.5 Å². The Kier molecular flexibility index (Phi) is 6.12. The molecule has 0 aromatic heterocycles. The lowest BCUT2D eigenvalue weighted by atomic mass is 9.86. The first-order valence-electron chi connectivity index (χ1n) is 9.28. The number of sulfonamides is 1. The van der Waals surface area contributed by atoms with Crippen LogP contribution in [-0.2, 0) is 16.4 Å². The summed E-state index contributed by atoms with van der Waals surface area (Å²) in [5.74, 6) is 0.604. The molecule has 3 rings (SSSR count). The number of rotatable bonds is 6. The Morgan fingerprint density at radius 3 is 2.69 bits per heavy atom. The van der Waals surface area contributed by atoms with E-state index in [1.165, 1.54) is 41.4 Å². The molecule has 0 spiro atoms. The third kappa shape index (κ3) is 4.93. The molecule has 1 aliphatic heterocycles. The Balaban J connectivity index is 1.81. The predicted octanol–water partition coefficient (Wildman–Crippen LogP) is 3.22. The van der Waals surface area contributed by atoms with Gasteiger partial charge in [-0.05, 0) is 66.5 Å². The van der Waals surface area contributed by atoms with Crippen LogP contribution in [0, 0.1) is 6.92 Å². The number of benzene rings is 2. The number of piperidine rings is 1. The largest absolute Gasteiger partial charge is 0.316 e. The van der Waals surface area contributed by atoms with Gasteiger partial charge in [0.25, 0.3) is 0 Å². The van der Waals surface area contributed by atoms with Crippen LogP contribution in [0.2, 0.25) is 0 Å². The molecule has 0 bridgehead atoms. The van der Waals surface area contributed by atoms with Crippen LogP contribution in [0.3, 0.4) is 0 Å². The smallest absolute Gasteiger partial charge is 0.208 e. The van der Waals surface area contributed by atoms with Crippen molar-refractivity contribution in [2.24, 2.45) is 0 Å². The molecule has 5 heteroatoms. The van der Waals surface area contributed by atoms with Gasteiger partial charge in [0.15, 0.2) is 0 Å². The maximum absolute atomic E-state index is 11.3. The maximum Gasteiger partial charge on any atom is 0.208 e. The minimum Gasteiger partial charge on any atom is -0.316 e. The molecule has 1 saturated heterocycles. The van der Waals surface area contributed by atoms with Crippen LogP contribution in [0.4, 0.5) is 0 Å². The van der Waals surface area contributed by atoms with Crippen molar-refractivity contribution in [3.05, 3.63) is 59.2 Å². The number of hydrogen-bond acceptors (Lipinski definition) is 3. The molecule has 1 heterocycles. The van der Waals surface area contributed by atoms with E-state index in [9.17, 15) is 8.42 Å². The minimum atomic E-state index is -3.15. The van der Waals surface area contributed by atoms with Crippen molar-refractivity contribution in [1.29, 1.82) is 0 Å². The number of hydrogen-bond donors (Lipinski definition) is 2. The zero-order chi connectivity index (χ0) is 18.6. The van der Waals surface area contributed by atoms with E-state index >= 15 is 0 Å². The van der Waals surface area contributed by atoms with Gasteiger partial charge in [-0.25, -0.2) is 13.1 Å². The Morgan fingerprint density at radius 2 is 2.00 bits per heavy atom. The van der Waals surface area contributed by atoms with Gasteiger partial charge < -0.3 is 5.32 Å². The van der Waals surface area contributed by atoms with Crippen LogP contribution in [0.1, 0.15) is 35.4 Å². The molecule has 0 saturated carbocycles. The lowest BCUT2D eigenvalue weighted by Crippen LogP contribution is -2.28. The van der Waals surface area contributed by atoms with Crippen molar-refractivity contribution < 1.29 is 8.42 Å². The van der Waals surface area contributed by atoms with E-state index in [4.69, 9.17) is 0 Å². The van der Waals surface area contributed by atoms with Gasteiger partial charge in [-0.2, -0.15) is 0 Å². The van der Waals surface area contributed by atoms with Gasteiger partial charge in [0.2, 0.25) is 10.0 Å². The fourth-order valence-electron chi connectivity index (χ4n) is 3.81. The van der Waals surface area contributed by atoms with Crippen LogP contribution < -0.4 is 10.0 Å². The highest BCUT2D eigenvalue weighted by Crippen LogP contribution is 2.31. The molecule has 2 aromatic rings. The maximum atomic E-state index is 11.3. The highest BCUT2D eigenvalue weighted by molar-refractivity contribution is 7.88.